The van der Waals surface area contributed by atoms with E-state index in [2.05, 4.69) is 5.32 Å². The molecular weight excluding hydrogens is 321 g/mol. The van der Waals surface area contributed by atoms with Gasteiger partial charge in [0.15, 0.2) is 6.10 Å². The predicted molar refractivity (Wildman–Crippen MR) is 95.4 cm³/mol. The minimum Gasteiger partial charge on any atom is -0.494 e. The Kier molecular flexibility index (Phi) is 7.26. The summed E-state index contributed by atoms with van der Waals surface area (Å²) in [6.45, 7) is 4.81. The van der Waals surface area contributed by atoms with Crippen LogP contribution >= 0.6 is 0 Å². The molecule has 2 aromatic rings. The first-order valence-corrected chi connectivity index (χ1v) is 8.50. The van der Waals surface area contributed by atoms with E-state index in [1.807, 2.05) is 31.2 Å². The molecule has 4 nitrogen and oxygen atoms in total. The standard InChI is InChI=1S/C20H24FNO3/c1-3-24-19-9-5-4-7-16(19)8-6-14-22-20(23)15(2)25-18-12-10-17(21)11-13-18/h4-5,7,9-13,15H,3,6,8,14H2,1-2H3,(H,22,23)/t15-/m1/s1. The summed E-state index contributed by atoms with van der Waals surface area (Å²) >= 11 is 0. The lowest BCUT2D eigenvalue weighted by molar-refractivity contribution is -0.127. The molecule has 0 saturated carbocycles. The second kappa shape index (κ2) is 9.67. The van der Waals surface area contributed by atoms with Crippen LogP contribution in [0.1, 0.15) is 25.8 Å². The highest BCUT2D eigenvalue weighted by molar-refractivity contribution is 5.80. The summed E-state index contributed by atoms with van der Waals surface area (Å²) < 4.78 is 24.0. The quantitative estimate of drug-likeness (QED) is 0.704. The fourth-order valence-electron chi connectivity index (χ4n) is 2.41. The molecule has 2 aromatic carbocycles. The van der Waals surface area contributed by atoms with Gasteiger partial charge in [0.1, 0.15) is 17.3 Å². The fourth-order valence-corrected chi connectivity index (χ4v) is 2.41. The van der Waals surface area contributed by atoms with Crippen molar-refractivity contribution >= 4 is 5.91 Å². The van der Waals surface area contributed by atoms with Gasteiger partial charge in [0.05, 0.1) is 6.61 Å². The first kappa shape index (κ1) is 18.8. The maximum atomic E-state index is 12.9. The average molecular weight is 345 g/mol. The lowest BCUT2D eigenvalue weighted by atomic mass is 10.1. The molecule has 0 unspecified atom stereocenters. The number of hydrogen-bond acceptors (Lipinski definition) is 3. The average Bonchev–Trinajstić information content (AvgIpc) is 2.62. The van der Waals surface area contributed by atoms with Crippen molar-refractivity contribution in [1.82, 2.24) is 5.32 Å². The SMILES string of the molecule is CCOc1ccccc1CCCNC(=O)[C@@H](C)Oc1ccc(F)cc1. The van der Waals surface area contributed by atoms with Gasteiger partial charge in [0.25, 0.3) is 5.91 Å². The lowest BCUT2D eigenvalue weighted by Crippen LogP contribution is -2.36. The van der Waals surface area contributed by atoms with Crippen molar-refractivity contribution < 1.29 is 18.7 Å². The molecule has 0 radical (unpaired) electrons. The van der Waals surface area contributed by atoms with Crippen LogP contribution in [0.3, 0.4) is 0 Å². The van der Waals surface area contributed by atoms with E-state index < -0.39 is 6.10 Å². The Morgan fingerprint density at radius 3 is 2.60 bits per heavy atom. The van der Waals surface area contributed by atoms with Gasteiger partial charge in [-0.15, -0.1) is 0 Å². The molecule has 5 heteroatoms. The Balaban J connectivity index is 1.74. The van der Waals surface area contributed by atoms with E-state index in [1.165, 1.54) is 24.3 Å². The van der Waals surface area contributed by atoms with Gasteiger partial charge in [-0.25, -0.2) is 4.39 Å². The number of carbonyl (C=O) groups is 1. The van der Waals surface area contributed by atoms with Crippen molar-refractivity contribution in [2.24, 2.45) is 0 Å². The van der Waals surface area contributed by atoms with E-state index in [9.17, 15) is 9.18 Å². The van der Waals surface area contributed by atoms with Crippen LogP contribution in [-0.4, -0.2) is 25.2 Å². The van der Waals surface area contributed by atoms with Gasteiger partial charge < -0.3 is 14.8 Å². The first-order chi connectivity index (χ1) is 12.1. The summed E-state index contributed by atoms with van der Waals surface area (Å²) in [7, 11) is 0. The zero-order valence-electron chi connectivity index (χ0n) is 14.6. The summed E-state index contributed by atoms with van der Waals surface area (Å²) in [5, 5.41) is 2.86. The number of halogens is 1. The van der Waals surface area contributed by atoms with Gasteiger partial charge in [0.2, 0.25) is 0 Å². The Labute approximate surface area is 148 Å². The van der Waals surface area contributed by atoms with Gasteiger partial charge in [-0.05, 0) is 62.6 Å². The molecule has 2 rings (SSSR count). The minimum absolute atomic E-state index is 0.192. The molecule has 0 aliphatic heterocycles. The molecule has 1 N–H and O–H groups in total. The van der Waals surface area contributed by atoms with Crippen LogP contribution in [0.5, 0.6) is 11.5 Å². The zero-order chi connectivity index (χ0) is 18.1. The number of benzene rings is 2. The van der Waals surface area contributed by atoms with Crippen molar-refractivity contribution in [2.45, 2.75) is 32.8 Å². The number of hydrogen-bond donors (Lipinski definition) is 1. The second-order valence-corrected chi connectivity index (χ2v) is 5.65. The molecule has 0 aliphatic rings. The zero-order valence-corrected chi connectivity index (χ0v) is 14.6. The number of amides is 1. The lowest BCUT2D eigenvalue weighted by Gasteiger charge is -2.15. The Morgan fingerprint density at radius 1 is 1.16 bits per heavy atom. The molecule has 1 atom stereocenters. The molecule has 0 aromatic heterocycles. The summed E-state index contributed by atoms with van der Waals surface area (Å²) in [5.41, 5.74) is 1.13. The van der Waals surface area contributed by atoms with Gasteiger partial charge in [-0.3, -0.25) is 4.79 Å². The third-order valence-electron chi connectivity index (χ3n) is 3.69. The molecule has 0 spiro atoms. The predicted octanol–water partition coefficient (Wildman–Crippen LogP) is 3.74. The van der Waals surface area contributed by atoms with Crippen LogP contribution in [0.2, 0.25) is 0 Å². The fraction of sp³-hybridized carbons (Fsp3) is 0.350. The topological polar surface area (TPSA) is 47.6 Å². The van der Waals surface area contributed by atoms with Gasteiger partial charge in [-0.1, -0.05) is 18.2 Å². The first-order valence-electron chi connectivity index (χ1n) is 8.50. The third kappa shape index (κ3) is 6.10. The van der Waals surface area contributed by atoms with Crippen LogP contribution in [0, 0.1) is 5.82 Å². The van der Waals surface area contributed by atoms with Crippen LogP contribution in [0.15, 0.2) is 48.5 Å². The highest BCUT2D eigenvalue weighted by atomic mass is 19.1. The van der Waals surface area contributed by atoms with Gasteiger partial charge in [-0.2, -0.15) is 0 Å². The van der Waals surface area contributed by atoms with E-state index in [4.69, 9.17) is 9.47 Å². The van der Waals surface area contributed by atoms with Crippen LogP contribution in [0.4, 0.5) is 4.39 Å². The van der Waals surface area contributed by atoms with Crippen LogP contribution < -0.4 is 14.8 Å². The molecule has 0 heterocycles. The minimum atomic E-state index is -0.638. The summed E-state index contributed by atoms with van der Waals surface area (Å²) in [6, 6.07) is 13.5. The third-order valence-corrected chi connectivity index (χ3v) is 3.69. The van der Waals surface area contributed by atoms with E-state index in [-0.39, 0.29) is 11.7 Å². The smallest absolute Gasteiger partial charge is 0.260 e. The van der Waals surface area contributed by atoms with E-state index in [0.29, 0.717) is 18.9 Å². The van der Waals surface area contributed by atoms with Crippen molar-refractivity contribution in [3.63, 3.8) is 0 Å². The molecule has 25 heavy (non-hydrogen) atoms. The normalized spacial score (nSPS) is 11.6. The largest absolute Gasteiger partial charge is 0.494 e. The highest BCUT2D eigenvalue weighted by Gasteiger charge is 2.14. The monoisotopic (exact) mass is 345 g/mol. The van der Waals surface area contributed by atoms with Crippen molar-refractivity contribution in [2.75, 3.05) is 13.2 Å². The molecule has 0 saturated heterocycles. The second-order valence-electron chi connectivity index (χ2n) is 5.65. The van der Waals surface area contributed by atoms with E-state index in [1.54, 1.807) is 6.92 Å². The van der Waals surface area contributed by atoms with Crippen LogP contribution in [-0.2, 0) is 11.2 Å². The maximum absolute atomic E-state index is 12.9. The Hall–Kier alpha value is -2.56. The summed E-state index contributed by atoms with van der Waals surface area (Å²) in [4.78, 5) is 12.1. The Bertz CT molecular complexity index is 673. The van der Waals surface area contributed by atoms with E-state index in [0.717, 1.165) is 24.2 Å². The number of nitrogens with one attached hydrogen (secondary N) is 1. The summed E-state index contributed by atoms with van der Waals surface area (Å²) in [5.74, 6) is 0.832. The molecular formula is C20H24FNO3. The van der Waals surface area contributed by atoms with Crippen molar-refractivity contribution in [3.05, 3.63) is 59.9 Å². The van der Waals surface area contributed by atoms with E-state index >= 15 is 0 Å². The van der Waals surface area contributed by atoms with Gasteiger partial charge in [0, 0.05) is 6.54 Å². The number of aryl methyl sites for hydroxylation is 1. The number of para-hydroxylation sites is 1. The van der Waals surface area contributed by atoms with Crippen molar-refractivity contribution in [3.8, 4) is 11.5 Å². The molecule has 0 aliphatic carbocycles. The molecule has 134 valence electrons. The number of ether oxygens (including phenoxy) is 2. The summed E-state index contributed by atoms with van der Waals surface area (Å²) in [6.07, 6.45) is 0.990. The Morgan fingerprint density at radius 2 is 1.88 bits per heavy atom. The highest BCUT2D eigenvalue weighted by Crippen LogP contribution is 2.19. The molecule has 1 amide bonds. The van der Waals surface area contributed by atoms with Crippen LogP contribution in [0.25, 0.3) is 0 Å². The van der Waals surface area contributed by atoms with Gasteiger partial charge >= 0.3 is 0 Å². The maximum Gasteiger partial charge on any atom is 0.260 e. The van der Waals surface area contributed by atoms with Crippen molar-refractivity contribution in [1.29, 1.82) is 0 Å². The molecule has 0 fully saturated rings. The number of carbonyl (C=O) groups excluding carboxylic acids is 1. The molecule has 0 bridgehead atoms. The number of rotatable bonds is 9.